The van der Waals surface area contributed by atoms with Gasteiger partial charge in [-0.05, 0) is 61.1 Å². The van der Waals surface area contributed by atoms with Crippen molar-refractivity contribution in [1.29, 1.82) is 0 Å². The topological polar surface area (TPSA) is 26.0 Å². The molecule has 1 heterocycles. The molecule has 1 fully saturated rings. The van der Waals surface area contributed by atoms with E-state index in [1.165, 1.54) is 24.1 Å². The smallest absolute Gasteiger partial charge is 0.0931 e. The summed E-state index contributed by atoms with van der Waals surface area (Å²) < 4.78 is 0.902. The monoisotopic (exact) mass is 285 g/mol. The van der Waals surface area contributed by atoms with Gasteiger partial charge in [0.15, 0.2) is 0 Å². The lowest BCUT2D eigenvalue weighted by atomic mass is 9.65. The minimum Gasteiger partial charge on any atom is -0.330 e. The lowest BCUT2D eigenvalue weighted by Gasteiger charge is -2.41. The number of nitrogens with two attached hydrogens (primary N) is 1. The molecule has 2 N–H and O–H groups in total. The molecule has 1 saturated carbocycles. The highest BCUT2D eigenvalue weighted by molar-refractivity contribution is 7.16. The fraction of sp³-hybridized carbons (Fsp3) is 0.733. The molecule has 1 aliphatic rings. The van der Waals surface area contributed by atoms with E-state index in [0.29, 0.717) is 17.3 Å². The first-order valence-electron chi connectivity index (χ1n) is 6.87. The molecule has 1 aliphatic carbocycles. The lowest BCUT2D eigenvalue weighted by Crippen LogP contribution is -2.33. The summed E-state index contributed by atoms with van der Waals surface area (Å²) in [7, 11) is 0. The van der Waals surface area contributed by atoms with Crippen molar-refractivity contribution in [2.75, 3.05) is 6.54 Å². The summed E-state index contributed by atoms with van der Waals surface area (Å²) in [6.07, 6.45) is 3.85. The Kier molecular flexibility index (Phi) is 4.40. The second kappa shape index (κ2) is 5.52. The zero-order valence-corrected chi connectivity index (χ0v) is 13.2. The van der Waals surface area contributed by atoms with Gasteiger partial charge in [0.25, 0.3) is 0 Å². The molecular weight excluding hydrogens is 262 g/mol. The second-order valence-electron chi connectivity index (χ2n) is 6.62. The highest BCUT2D eigenvalue weighted by atomic mass is 35.5. The maximum absolute atomic E-state index is 6.08. The van der Waals surface area contributed by atoms with Crippen LogP contribution in [0, 0.1) is 17.3 Å². The number of thiophene rings is 1. The minimum atomic E-state index is 0.402. The molecule has 3 unspecified atom stereocenters. The molecule has 1 aromatic rings. The summed E-state index contributed by atoms with van der Waals surface area (Å²) in [6, 6.07) is 4.22. The van der Waals surface area contributed by atoms with Crippen LogP contribution in [-0.2, 0) is 0 Å². The van der Waals surface area contributed by atoms with Crippen LogP contribution in [0.2, 0.25) is 4.34 Å². The minimum absolute atomic E-state index is 0.402. The first-order chi connectivity index (χ1) is 8.41. The van der Waals surface area contributed by atoms with Crippen molar-refractivity contribution >= 4 is 22.9 Å². The van der Waals surface area contributed by atoms with Crippen molar-refractivity contribution in [3.05, 3.63) is 21.3 Å². The zero-order valence-electron chi connectivity index (χ0n) is 11.6. The molecule has 3 heteroatoms. The molecule has 0 radical (unpaired) electrons. The Morgan fingerprint density at radius 2 is 2.06 bits per heavy atom. The Morgan fingerprint density at radius 3 is 2.56 bits per heavy atom. The highest BCUT2D eigenvalue weighted by Gasteiger charge is 2.36. The van der Waals surface area contributed by atoms with Gasteiger partial charge in [-0.3, -0.25) is 0 Å². The fourth-order valence-electron chi connectivity index (χ4n) is 3.18. The van der Waals surface area contributed by atoms with E-state index in [1.807, 2.05) is 6.07 Å². The molecule has 1 aromatic heterocycles. The average molecular weight is 286 g/mol. The molecular formula is C15H24ClNS. The van der Waals surface area contributed by atoms with Crippen LogP contribution in [0.3, 0.4) is 0 Å². The van der Waals surface area contributed by atoms with Crippen LogP contribution in [0.15, 0.2) is 12.1 Å². The standard InChI is InChI=1S/C15H24ClNS/c1-15(2,3)11-5-4-10(9-17)12(8-11)13-6-7-14(16)18-13/h6-7,10-12H,4-5,8-9,17H2,1-3H3. The van der Waals surface area contributed by atoms with Gasteiger partial charge in [0.2, 0.25) is 0 Å². The summed E-state index contributed by atoms with van der Waals surface area (Å²) in [6.45, 7) is 7.88. The van der Waals surface area contributed by atoms with Gasteiger partial charge < -0.3 is 5.73 Å². The molecule has 0 saturated heterocycles. The molecule has 18 heavy (non-hydrogen) atoms. The van der Waals surface area contributed by atoms with Crippen LogP contribution in [0.5, 0.6) is 0 Å². The van der Waals surface area contributed by atoms with E-state index in [0.717, 1.165) is 16.8 Å². The summed E-state index contributed by atoms with van der Waals surface area (Å²) >= 11 is 7.82. The van der Waals surface area contributed by atoms with Crippen LogP contribution in [0.1, 0.15) is 50.8 Å². The fourth-order valence-corrected chi connectivity index (χ4v) is 4.45. The molecule has 3 atom stereocenters. The van der Waals surface area contributed by atoms with E-state index in [9.17, 15) is 0 Å². The Labute approximate surface area is 120 Å². The van der Waals surface area contributed by atoms with Crippen molar-refractivity contribution in [2.24, 2.45) is 23.0 Å². The van der Waals surface area contributed by atoms with Gasteiger partial charge in [0.05, 0.1) is 4.34 Å². The normalized spacial score (nSPS) is 29.5. The number of halogens is 1. The molecule has 0 aromatic carbocycles. The molecule has 0 bridgehead atoms. The molecule has 2 rings (SSSR count). The van der Waals surface area contributed by atoms with E-state index >= 15 is 0 Å². The first kappa shape index (κ1) is 14.4. The van der Waals surface area contributed by atoms with Gasteiger partial charge in [-0.1, -0.05) is 32.4 Å². The van der Waals surface area contributed by atoms with E-state index in [-0.39, 0.29) is 0 Å². The number of rotatable bonds is 2. The Morgan fingerprint density at radius 1 is 1.33 bits per heavy atom. The zero-order chi connectivity index (χ0) is 13.3. The maximum atomic E-state index is 6.08. The summed E-state index contributed by atoms with van der Waals surface area (Å²) in [4.78, 5) is 1.43. The van der Waals surface area contributed by atoms with E-state index in [4.69, 9.17) is 17.3 Å². The summed E-state index contributed by atoms with van der Waals surface area (Å²) in [5, 5.41) is 0. The van der Waals surface area contributed by atoms with Gasteiger partial charge in [-0.15, -0.1) is 11.3 Å². The van der Waals surface area contributed by atoms with Crippen LogP contribution < -0.4 is 5.73 Å². The van der Waals surface area contributed by atoms with Crippen LogP contribution in [-0.4, -0.2) is 6.54 Å². The van der Waals surface area contributed by atoms with E-state index in [2.05, 4.69) is 26.8 Å². The summed E-state index contributed by atoms with van der Waals surface area (Å²) in [5.74, 6) is 2.05. The second-order valence-corrected chi connectivity index (χ2v) is 8.37. The predicted octanol–water partition coefficient (Wildman–Crippen LogP) is 4.91. The Bertz CT molecular complexity index is 393. The highest BCUT2D eigenvalue weighted by Crippen LogP contribution is 2.48. The quantitative estimate of drug-likeness (QED) is 0.821. The third-order valence-corrected chi connectivity index (χ3v) is 5.84. The predicted molar refractivity (Wildman–Crippen MR) is 81.4 cm³/mol. The molecule has 0 aliphatic heterocycles. The SMILES string of the molecule is CC(C)(C)C1CCC(CN)C(c2ccc(Cl)s2)C1. The Balaban J connectivity index is 2.18. The molecule has 0 spiro atoms. The van der Waals surface area contributed by atoms with Gasteiger partial charge >= 0.3 is 0 Å². The van der Waals surface area contributed by atoms with E-state index < -0.39 is 0 Å². The van der Waals surface area contributed by atoms with Gasteiger partial charge in [-0.25, -0.2) is 0 Å². The average Bonchev–Trinajstić information content (AvgIpc) is 2.73. The van der Waals surface area contributed by atoms with Crippen molar-refractivity contribution in [2.45, 2.75) is 46.0 Å². The lowest BCUT2D eigenvalue weighted by molar-refractivity contribution is 0.134. The largest absolute Gasteiger partial charge is 0.330 e. The van der Waals surface area contributed by atoms with Crippen molar-refractivity contribution in [1.82, 2.24) is 0 Å². The Hall–Kier alpha value is -0.0500. The van der Waals surface area contributed by atoms with Gasteiger partial charge in [-0.2, -0.15) is 0 Å². The van der Waals surface area contributed by atoms with Crippen molar-refractivity contribution in [3.8, 4) is 0 Å². The number of hydrogen-bond donors (Lipinski definition) is 1. The third kappa shape index (κ3) is 3.09. The van der Waals surface area contributed by atoms with Gasteiger partial charge in [0.1, 0.15) is 0 Å². The van der Waals surface area contributed by atoms with Crippen LogP contribution in [0.25, 0.3) is 0 Å². The van der Waals surface area contributed by atoms with Crippen LogP contribution in [0.4, 0.5) is 0 Å². The first-order valence-corrected chi connectivity index (χ1v) is 8.06. The van der Waals surface area contributed by atoms with Crippen LogP contribution >= 0.6 is 22.9 Å². The third-order valence-electron chi connectivity index (χ3n) is 4.48. The molecule has 0 amide bonds. The van der Waals surface area contributed by atoms with Gasteiger partial charge in [0, 0.05) is 4.88 Å². The van der Waals surface area contributed by atoms with Crippen molar-refractivity contribution in [3.63, 3.8) is 0 Å². The molecule has 1 nitrogen and oxygen atoms in total. The number of hydrogen-bond acceptors (Lipinski definition) is 2. The summed E-state index contributed by atoms with van der Waals surface area (Å²) in [5.41, 5.74) is 6.37. The molecule has 102 valence electrons. The van der Waals surface area contributed by atoms with Crippen molar-refractivity contribution < 1.29 is 0 Å². The maximum Gasteiger partial charge on any atom is 0.0931 e. The van der Waals surface area contributed by atoms with E-state index in [1.54, 1.807) is 11.3 Å².